The third-order valence-electron chi connectivity index (χ3n) is 5.05. The van der Waals surface area contributed by atoms with Crippen LogP contribution in [0.25, 0.3) is 0 Å². The first kappa shape index (κ1) is 23.0. The van der Waals surface area contributed by atoms with Crippen LogP contribution in [0.15, 0.2) is 72.8 Å². The number of hydrogen-bond donors (Lipinski definition) is 1. The maximum Gasteiger partial charge on any atom is 0.262 e. The monoisotopic (exact) mass is 434 g/mol. The molecule has 166 valence electrons. The second-order valence-electron chi connectivity index (χ2n) is 8.47. The van der Waals surface area contributed by atoms with Crippen molar-refractivity contribution in [2.45, 2.75) is 26.2 Å². The summed E-state index contributed by atoms with van der Waals surface area (Å²) in [6.45, 7) is 6.04. The molecule has 0 unspecified atom stereocenters. The van der Waals surface area contributed by atoms with Crippen LogP contribution in [0.5, 0.6) is 5.75 Å². The highest BCUT2D eigenvalue weighted by Crippen LogP contribution is 2.27. The average molecular weight is 435 g/mol. The molecular formula is C26H27FN2O3. The van der Waals surface area contributed by atoms with Gasteiger partial charge in [-0.25, -0.2) is 4.39 Å². The summed E-state index contributed by atoms with van der Waals surface area (Å²) in [5.41, 5.74) is 2.34. The van der Waals surface area contributed by atoms with E-state index in [-0.39, 0.29) is 29.4 Å². The lowest BCUT2D eigenvalue weighted by Crippen LogP contribution is -2.27. The minimum atomic E-state index is -0.532. The van der Waals surface area contributed by atoms with Crippen LogP contribution >= 0.6 is 0 Å². The first-order valence-corrected chi connectivity index (χ1v) is 10.3. The zero-order valence-corrected chi connectivity index (χ0v) is 18.7. The highest BCUT2D eigenvalue weighted by molar-refractivity contribution is 6.07. The van der Waals surface area contributed by atoms with Gasteiger partial charge in [0, 0.05) is 12.7 Å². The Bertz CT molecular complexity index is 1100. The summed E-state index contributed by atoms with van der Waals surface area (Å²) in [7, 11) is 1.69. The molecule has 32 heavy (non-hydrogen) atoms. The van der Waals surface area contributed by atoms with Gasteiger partial charge in [-0.1, -0.05) is 57.2 Å². The topological polar surface area (TPSA) is 58.6 Å². The lowest BCUT2D eigenvalue weighted by atomic mass is 9.87. The molecule has 0 saturated heterocycles. The molecule has 0 aliphatic carbocycles. The fourth-order valence-electron chi connectivity index (χ4n) is 3.14. The molecule has 0 radical (unpaired) electrons. The zero-order chi connectivity index (χ0) is 23.3. The summed E-state index contributed by atoms with van der Waals surface area (Å²) in [4.78, 5) is 26.8. The summed E-state index contributed by atoms with van der Waals surface area (Å²) in [6, 6.07) is 20.4. The predicted molar refractivity (Wildman–Crippen MR) is 125 cm³/mol. The average Bonchev–Trinajstić information content (AvgIpc) is 2.78. The zero-order valence-electron chi connectivity index (χ0n) is 18.7. The van der Waals surface area contributed by atoms with Gasteiger partial charge in [0.1, 0.15) is 11.6 Å². The molecule has 0 heterocycles. The molecule has 3 aromatic carbocycles. The first-order chi connectivity index (χ1) is 15.2. The number of anilines is 2. The SMILES string of the molecule is CN(C(=O)c1ccccc1OCC(=O)Nc1ccccc1F)c1ccc(C(C)(C)C)cc1. The fraction of sp³-hybridized carbons (Fsp3) is 0.231. The van der Waals surface area contributed by atoms with Crippen molar-refractivity contribution in [2.75, 3.05) is 23.9 Å². The Kier molecular flexibility index (Phi) is 6.93. The maximum absolute atomic E-state index is 13.7. The second kappa shape index (κ2) is 9.64. The van der Waals surface area contributed by atoms with Gasteiger partial charge in [0.15, 0.2) is 6.61 Å². The number of nitrogens with one attached hydrogen (secondary N) is 1. The minimum Gasteiger partial charge on any atom is -0.483 e. The van der Waals surface area contributed by atoms with Gasteiger partial charge >= 0.3 is 0 Å². The van der Waals surface area contributed by atoms with Gasteiger partial charge < -0.3 is 15.0 Å². The van der Waals surface area contributed by atoms with Crippen LogP contribution in [-0.2, 0) is 10.2 Å². The number of hydrogen-bond acceptors (Lipinski definition) is 3. The van der Waals surface area contributed by atoms with E-state index < -0.39 is 11.7 Å². The third-order valence-corrected chi connectivity index (χ3v) is 5.05. The van der Waals surface area contributed by atoms with E-state index in [0.717, 1.165) is 5.69 Å². The fourth-order valence-corrected chi connectivity index (χ4v) is 3.14. The number of amides is 2. The van der Waals surface area contributed by atoms with Crippen molar-refractivity contribution in [1.29, 1.82) is 0 Å². The van der Waals surface area contributed by atoms with Crippen molar-refractivity contribution in [3.8, 4) is 5.75 Å². The molecule has 0 fully saturated rings. The molecule has 0 aliphatic rings. The number of benzene rings is 3. The van der Waals surface area contributed by atoms with Crippen molar-refractivity contribution >= 4 is 23.2 Å². The standard InChI is InChI=1S/C26H27FN2O3/c1-26(2,3)18-13-15-19(16-14-18)29(4)25(31)20-9-5-8-12-23(20)32-17-24(30)28-22-11-7-6-10-21(22)27/h5-16H,17H2,1-4H3,(H,28,30). The van der Waals surface area contributed by atoms with Crippen LogP contribution in [0.3, 0.4) is 0 Å². The van der Waals surface area contributed by atoms with E-state index in [9.17, 15) is 14.0 Å². The van der Waals surface area contributed by atoms with E-state index >= 15 is 0 Å². The van der Waals surface area contributed by atoms with Gasteiger partial charge in [0.25, 0.3) is 11.8 Å². The smallest absolute Gasteiger partial charge is 0.262 e. The molecule has 0 bridgehead atoms. The van der Waals surface area contributed by atoms with E-state index in [1.807, 2.05) is 24.3 Å². The van der Waals surface area contributed by atoms with Crippen LogP contribution in [0.4, 0.5) is 15.8 Å². The normalized spacial score (nSPS) is 11.0. The van der Waals surface area contributed by atoms with E-state index in [4.69, 9.17) is 4.74 Å². The summed E-state index contributed by atoms with van der Waals surface area (Å²) >= 11 is 0. The summed E-state index contributed by atoms with van der Waals surface area (Å²) < 4.78 is 19.3. The van der Waals surface area contributed by atoms with E-state index in [0.29, 0.717) is 5.56 Å². The molecule has 0 saturated carbocycles. The highest BCUT2D eigenvalue weighted by Gasteiger charge is 2.20. The second-order valence-corrected chi connectivity index (χ2v) is 8.47. The Balaban J connectivity index is 1.70. The Labute approximate surface area is 187 Å². The van der Waals surface area contributed by atoms with Gasteiger partial charge in [-0.05, 0) is 47.4 Å². The van der Waals surface area contributed by atoms with Crippen LogP contribution in [0.2, 0.25) is 0 Å². The van der Waals surface area contributed by atoms with Gasteiger partial charge in [-0.15, -0.1) is 0 Å². The Morgan fingerprint density at radius 2 is 1.56 bits per heavy atom. The first-order valence-electron chi connectivity index (χ1n) is 10.3. The number of ether oxygens (including phenoxy) is 1. The molecule has 0 aromatic heterocycles. The lowest BCUT2D eigenvalue weighted by molar-refractivity contribution is -0.118. The maximum atomic E-state index is 13.7. The molecule has 5 nitrogen and oxygen atoms in total. The number of para-hydroxylation sites is 2. The Morgan fingerprint density at radius 3 is 2.22 bits per heavy atom. The van der Waals surface area contributed by atoms with Gasteiger partial charge in [-0.3, -0.25) is 9.59 Å². The molecule has 0 spiro atoms. The van der Waals surface area contributed by atoms with Crippen molar-refractivity contribution in [3.05, 3.63) is 89.7 Å². The van der Waals surface area contributed by atoms with Crippen LogP contribution in [-0.4, -0.2) is 25.5 Å². The Hall–Kier alpha value is -3.67. The van der Waals surface area contributed by atoms with E-state index in [1.54, 1.807) is 37.4 Å². The summed E-state index contributed by atoms with van der Waals surface area (Å²) in [5, 5.41) is 2.46. The molecule has 2 amide bonds. The van der Waals surface area contributed by atoms with Crippen molar-refractivity contribution in [1.82, 2.24) is 0 Å². The van der Waals surface area contributed by atoms with Gasteiger partial charge in [0.2, 0.25) is 0 Å². The highest BCUT2D eigenvalue weighted by atomic mass is 19.1. The van der Waals surface area contributed by atoms with Gasteiger partial charge in [-0.2, -0.15) is 0 Å². The number of carbonyl (C=O) groups excluding carboxylic acids is 2. The molecule has 3 aromatic rings. The minimum absolute atomic E-state index is 0.0186. The van der Waals surface area contributed by atoms with Crippen LogP contribution in [0.1, 0.15) is 36.7 Å². The van der Waals surface area contributed by atoms with Crippen LogP contribution in [0, 0.1) is 5.82 Å². The predicted octanol–water partition coefficient (Wildman–Crippen LogP) is 5.42. The number of halogens is 1. The van der Waals surface area contributed by atoms with E-state index in [1.165, 1.54) is 28.7 Å². The van der Waals surface area contributed by atoms with Crippen LogP contribution < -0.4 is 15.0 Å². The largest absolute Gasteiger partial charge is 0.483 e. The summed E-state index contributed by atoms with van der Waals surface area (Å²) in [6.07, 6.45) is 0. The van der Waals surface area contributed by atoms with Crippen molar-refractivity contribution < 1.29 is 18.7 Å². The van der Waals surface area contributed by atoms with Crippen molar-refractivity contribution in [2.24, 2.45) is 0 Å². The number of rotatable bonds is 6. The molecular weight excluding hydrogens is 407 g/mol. The van der Waals surface area contributed by atoms with Gasteiger partial charge in [0.05, 0.1) is 11.3 Å². The number of nitrogens with zero attached hydrogens (tertiary/aromatic N) is 1. The van der Waals surface area contributed by atoms with Crippen molar-refractivity contribution in [3.63, 3.8) is 0 Å². The molecule has 3 rings (SSSR count). The van der Waals surface area contributed by atoms with E-state index in [2.05, 4.69) is 26.1 Å². The molecule has 6 heteroatoms. The summed E-state index contributed by atoms with van der Waals surface area (Å²) in [5.74, 6) is -1.04. The lowest BCUT2D eigenvalue weighted by Gasteiger charge is -2.22. The molecule has 0 atom stereocenters. The molecule has 0 aliphatic heterocycles. The quantitative estimate of drug-likeness (QED) is 0.564. The Morgan fingerprint density at radius 1 is 0.938 bits per heavy atom. The molecule has 1 N–H and O–H groups in total. The number of carbonyl (C=O) groups is 2. The third kappa shape index (κ3) is 5.52.